The van der Waals surface area contributed by atoms with E-state index >= 15 is 0 Å². The monoisotopic (exact) mass is 775 g/mol. The molecule has 1 saturated heterocycles. The van der Waals surface area contributed by atoms with Crippen LogP contribution in [0.5, 0.6) is 5.88 Å². The molecule has 5 rings (SSSR count). The number of amides is 2. The molecule has 3 N–H and O–H groups in total. The van der Waals surface area contributed by atoms with Crippen LogP contribution in [0, 0.1) is 43.1 Å². The minimum absolute atomic E-state index is 0.00646. The number of nitrogens with zero attached hydrogens (tertiary/aromatic N) is 4. The van der Waals surface area contributed by atoms with Gasteiger partial charge in [-0.2, -0.15) is 0 Å². The van der Waals surface area contributed by atoms with Crippen LogP contribution in [0.2, 0.25) is 0 Å². The third-order valence-electron chi connectivity index (χ3n) is 12.2. The maximum absolute atomic E-state index is 13.9. The van der Waals surface area contributed by atoms with Crippen molar-refractivity contribution in [3.05, 3.63) is 40.7 Å². The van der Waals surface area contributed by atoms with E-state index in [2.05, 4.69) is 49.9 Å². The maximum atomic E-state index is 13.9. The molecule has 12 heteroatoms. The number of H-pyrrole nitrogens is 1. The summed E-state index contributed by atoms with van der Waals surface area (Å²) >= 11 is 0. The van der Waals surface area contributed by atoms with Crippen molar-refractivity contribution in [1.82, 2.24) is 19.5 Å². The molecular formula is C44H66N6O6. The molecule has 4 atom stereocenters. The number of nitrogens with one attached hydrogen (secondary N) is 2. The van der Waals surface area contributed by atoms with Gasteiger partial charge in [-0.1, -0.05) is 111 Å². The van der Waals surface area contributed by atoms with Crippen molar-refractivity contribution in [1.29, 1.82) is 0 Å². The predicted octanol–water partition coefficient (Wildman–Crippen LogP) is 11.1. The normalized spacial score (nSPS) is 21.1. The van der Waals surface area contributed by atoms with Crippen LogP contribution in [0.3, 0.4) is 0 Å². The van der Waals surface area contributed by atoms with E-state index in [4.69, 9.17) is 25.9 Å². The highest BCUT2D eigenvalue weighted by atomic mass is 17.1. The minimum atomic E-state index is -0.882. The highest BCUT2D eigenvalue weighted by molar-refractivity contribution is 5.94. The van der Waals surface area contributed by atoms with Crippen molar-refractivity contribution in [2.24, 2.45) is 29.6 Å². The fourth-order valence-electron chi connectivity index (χ4n) is 9.17. The largest absolute Gasteiger partial charge is 0.415 e. The van der Waals surface area contributed by atoms with Gasteiger partial charge in [-0.3, -0.25) is 15.2 Å². The van der Waals surface area contributed by atoms with Crippen LogP contribution in [-0.2, 0) is 14.4 Å². The fraction of sp³-hybridized carbons (Fsp3) is 0.682. The van der Waals surface area contributed by atoms with Crippen LogP contribution in [0.25, 0.3) is 21.9 Å². The van der Waals surface area contributed by atoms with Crippen molar-refractivity contribution in [2.75, 3.05) is 31.6 Å². The first-order valence-corrected chi connectivity index (χ1v) is 21.4. The van der Waals surface area contributed by atoms with E-state index < -0.39 is 12.2 Å². The van der Waals surface area contributed by atoms with Gasteiger partial charge < -0.3 is 19.7 Å². The zero-order chi connectivity index (χ0) is 40.2. The predicted molar refractivity (Wildman–Crippen MR) is 220 cm³/mol. The molecule has 1 aliphatic heterocycles. The first-order chi connectivity index (χ1) is 27.1. The van der Waals surface area contributed by atoms with Gasteiger partial charge in [0.05, 0.1) is 19.8 Å². The van der Waals surface area contributed by atoms with Crippen LogP contribution >= 0.6 is 0 Å². The van der Waals surface area contributed by atoms with Crippen molar-refractivity contribution >= 4 is 29.0 Å². The molecule has 0 bridgehead atoms. The molecule has 2 fully saturated rings. The Balaban J connectivity index is 1.49. The summed E-state index contributed by atoms with van der Waals surface area (Å²) in [5.41, 5.74) is 3.15. The number of unbranched alkanes of at least 4 members (excludes halogenated alkanes) is 8. The third kappa shape index (κ3) is 10.5. The van der Waals surface area contributed by atoms with E-state index in [1.54, 1.807) is 4.90 Å². The van der Waals surface area contributed by atoms with Gasteiger partial charge in [-0.05, 0) is 67.9 Å². The summed E-state index contributed by atoms with van der Waals surface area (Å²) in [5.74, 6) is 1.24. The molecule has 2 aliphatic rings. The number of aryl methyl sites for hydroxylation is 1. The zero-order valence-electron chi connectivity index (χ0n) is 34.7. The van der Waals surface area contributed by atoms with Gasteiger partial charge in [-0.15, -0.1) is 0 Å². The van der Waals surface area contributed by atoms with E-state index in [0.29, 0.717) is 60.5 Å². The second kappa shape index (κ2) is 21.0. The highest BCUT2D eigenvalue weighted by Gasteiger charge is 2.43. The molecule has 0 radical (unpaired) electrons. The molecular weight excluding hydrogens is 709 g/mol. The van der Waals surface area contributed by atoms with E-state index in [0.717, 1.165) is 63.4 Å². The van der Waals surface area contributed by atoms with Crippen LogP contribution in [0.4, 0.5) is 16.2 Å². The molecule has 0 spiro atoms. The van der Waals surface area contributed by atoms with Gasteiger partial charge in [0.2, 0.25) is 11.8 Å². The minimum Gasteiger partial charge on any atom is -0.402 e. The second-order valence-electron chi connectivity index (χ2n) is 16.6. The zero-order valence-corrected chi connectivity index (χ0v) is 34.7. The number of benzene rings is 1. The summed E-state index contributed by atoms with van der Waals surface area (Å²) < 4.78 is 13.0. The number of anilines is 1. The molecule has 1 saturated carbocycles. The molecule has 1 aromatic carbocycles. The number of rotatable bonds is 19. The maximum Gasteiger partial charge on any atom is 0.415 e. The van der Waals surface area contributed by atoms with Crippen LogP contribution in [-0.4, -0.2) is 63.1 Å². The molecule has 56 heavy (non-hydrogen) atoms. The van der Waals surface area contributed by atoms with Crippen molar-refractivity contribution in [3.8, 4) is 17.3 Å². The molecule has 2 aromatic heterocycles. The fourth-order valence-corrected chi connectivity index (χ4v) is 9.17. The average Bonchev–Trinajstić information content (AvgIpc) is 3.73. The Morgan fingerprint density at radius 2 is 1.62 bits per heavy atom. The number of fused-ring (bicyclic) bond motifs is 1. The van der Waals surface area contributed by atoms with Crippen LogP contribution < -0.4 is 10.1 Å². The number of ether oxygens (including phenoxy) is 2. The Bertz CT molecular complexity index is 1760. The van der Waals surface area contributed by atoms with Gasteiger partial charge in [0.1, 0.15) is 6.10 Å². The Labute approximate surface area is 333 Å². The molecule has 1 aliphatic carbocycles. The van der Waals surface area contributed by atoms with Crippen LogP contribution in [0.1, 0.15) is 142 Å². The SMILES string of the molecule is [C-]#[N+]c1c(C(OO)C2C(C)CC(C)CC2C)c2nc(-c3ccc(C)c(NC(=O)C(CCCCCC)CCCCCCCC)c3)[nH]n2c1OC(=O)N1CCOCC1. The summed E-state index contributed by atoms with van der Waals surface area (Å²) in [6.07, 6.45) is 13.9. The van der Waals surface area contributed by atoms with Gasteiger partial charge in [0, 0.05) is 35.8 Å². The van der Waals surface area contributed by atoms with Gasteiger partial charge in [0.15, 0.2) is 11.5 Å². The molecule has 308 valence electrons. The van der Waals surface area contributed by atoms with Crippen LogP contribution in [0.15, 0.2) is 18.2 Å². The van der Waals surface area contributed by atoms with Crippen molar-refractivity contribution < 1.29 is 29.2 Å². The Morgan fingerprint density at radius 1 is 1.00 bits per heavy atom. The Morgan fingerprint density at radius 3 is 2.25 bits per heavy atom. The van der Waals surface area contributed by atoms with Gasteiger partial charge in [0.25, 0.3) is 5.69 Å². The van der Waals surface area contributed by atoms with Gasteiger partial charge >= 0.3 is 6.09 Å². The lowest BCUT2D eigenvalue weighted by Crippen LogP contribution is -2.42. The third-order valence-corrected chi connectivity index (χ3v) is 12.2. The van der Waals surface area contributed by atoms with E-state index in [1.165, 1.54) is 36.6 Å². The number of morpholine rings is 1. The number of aromatic amines is 1. The quantitative estimate of drug-likeness (QED) is 0.0477. The lowest BCUT2D eigenvalue weighted by molar-refractivity contribution is -0.302. The molecule has 12 nitrogen and oxygen atoms in total. The molecule has 4 unspecified atom stereocenters. The molecule has 2 amide bonds. The average molecular weight is 775 g/mol. The smallest absolute Gasteiger partial charge is 0.402 e. The van der Waals surface area contributed by atoms with Crippen molar-refractivity contribution in [3.63, 3.8) is 0 Å². The number of hydrogen-bond donors (Lipinski definition) is 3. The summed E-state index contributed by atoms with van der Waals surface area (Å²) in [7, 11) is 0. The number of aromatic nitrogens is 3. The topological polar surface area (TPSA) is 135 Å². The summed E-state index contributed by atoms with van der Waals surface area (Å²) in [4.78, 5) is 43.1. The summed E-state index contributed by atoms with van der Waals surface area (Å²) in [5, 5.41) is 17.2. The number of hydrogen-bond acceptors (Lipinski definition) is 7. The van der Waals surface area contributed by atoms with E-state index in [1.807, 2.05) is 25.1 Å². The second-order valence-corrected chi connectivity index (χ2v) is 16.6. The van der Waals surface area contributed by atoms with Gasteiger partial charge in [-0.25, -0.2) is 24.0 Å². The molecule has 3 aromatic rings. The summed E-state index contributed by atoms with van der Waals surface area (Å²) in [6, 6.07) is 5.82. The first-order valence-electron chi connectivity index (χ1n) is 21.4. The molecule has 3 heterocycles. The standard InChI is InChI=1S/C44H66N6O6/c1-8-10-12-14-15-17-19-33(18-16-13-11-9-2)42(51)46-35-28-34(21-20-30(35)4)40-47-41-37(39(56-53)36-31(5)26-29(3)27-32(36)6)38(45-7)43(50(41)48-40)55-44(52)49-22-24-54-25-23-49/h20-21,28-29,31-33,36,39,53H,8-19,22-27H2,1-6H3,(H,46,51)(H,47,48). The first kappa shape index (κ1) is 43.2. The summed E-state index contributed by atoms with van der Waals surface area (Å²) in [6.45, 7) is 22.8. The lowest BCUT2D eigenvalue weighted by Gasteiger charge is -2.41. The lowest BCUT2D eigenvalue weighted by atomic mass is 9.66. The Hall–Kier alpha value is -3.92. The van der Waals surface area contributed by atoms with E-state index in [-0.39, 0.29) is 41.1 Å². The number of carbonyl (C=O) groups excluding carboxylic acids is 2. The van der Waals surface area contributed by atoms with Crippen molar-refractivity contribution in [2.45, 2.75) is 138 Å². The number of carbonyl (C=O) groups is 2. The highest BCUT2D eigenvalue weighted by Crippen LogP contribution is 2.51. The Kier molecular flexibility index (Phi) is 16.2. The van der Waals surface area contributed by atoms with E-state index in [9.17, 15) is 14.8 Å².